The Morgan fingerprint density at radius 2 is 1.90 bits per heavy atom. The second kappa shape index (κ2) is 12.0. The minimum Gasteiger partial charge on any atom is -0.392 e. The van der Waals surface area contributed by atoms with E-state index in [4.69, 9.17) is 9.72 Å². The van der Waals surface area contributed by atoms with Gasteiger partial charge in [0.2, 0.25) is 5.95 Å². The zero-order chi connectivity index (χ0) is 35.0. The molecule has 51 heavy (non-hydrogen) atoms. The van der Waals surface area contributed by atoms with Gasteiger partial charge in [-0.05, 0) is 66.6 Å². The molecule has 9 rings (SSSR count). The fraction of sp³-hybridized carbons (Fsp3) is 0.368. The molecular formula is C38H40FN9O3. The number of imidazole rings is 1. The number of piperazine rings is 1. The molecule has 262 valence electrons. The molecule has 1 aliphatic carbocycles. The molecule has 0 radical (unpaired) electrons. The van der Waals surface area contributed by atoms with E-state index in [0.717, 1.165) is 57.1 Å². The molecule has 0 spiro atoms. The molecular weight excluding hydrogens is 649 g/mol. The number of rotatable bonds is 7. The third-order valence-electron chi connectivity index (χ3n) is 10.8. The zero-order valence-corrected chi connectivity index (χ0v) is 28.9. The first-order valence-electron chi connectivity index (χ1n) is 17.5. The van der Waals surface area contributed by atoms with Crippen LogP contribution >= 0.6 is 0 Å². The molecule has 8 heterocycles. The standard InChI is InChI=1S/C38H40FN9O3/c1-23-18-44(27-21-51-22-27)8-9-45(23)26-4-5-34(41-16-26)43-30-12-25(19-48-33(39)17-42-36(30)48)28-6-7-40-35(29(28)20-49)47-11-10-46-31(37(47)50)13-24-14-38(2,3)15-32(24)46/h4-7,10-13,16-17,19,23,27,49H,8-9,14-15,18,20-22H2,1-3H3,(H,41,43)/t23-/m0/s1. The maximum Gasteiger partial charge on any atom is 0.280 e. The van der Waals surface area contributed by atoms with Crippen molar-refractivity contribution in [1.29, 1.82) is 0 Å². The van der Waals surface area contributed by atoms with Crippen molar-refractivity contribution in [3.05, 3.63) is 101 Å². The van der Waals surface area contributed by atoms with Crippen LogP contribution in [0.15, 0.2) is 72.3 Å². The fourth-order valence-corrected chi connectivity index (χ4v) is 8.14. The van der Waals surface area contributed by atoms with Crippen LogP contribution in [0.25, 0.3) is 28.1 Å². The zero-order valence-electron chi connectivity index (χ0n) is 28.9. The summed E-state index contributed by atoms with van der Waals surface area (Å²) in [7, 11) is 0. The Balaban J connectivity index is 1.04. The summed E-state index contributed by atoms with van der Waals surface area (Å²) >= 11 is 0. The van der Waals surface area contributed by atoms with Crippen molar-refractivity contribution in [2.24, 2.45) is 5.41 Å². The van der Waals surface area contributed by atoms with Gasteiger partial charge >= 0.3 is 0 Å². The van der Waals surface area contributed by atoms with Gasteiger partial charge in [-0.25, -0.2) is 15.0 Å². The third-order valence-corrected chi connectivity index (χ3v) is 10.8. The molecule has 0 aromatic carbocycles. The SMILES string of the molecule is C[C@H]1CN(C2COC2)CCN1c1ccc(Nc2cc(-c3ccnc(-n4ccn5c6c(cc5c4=O)CC(C)(C)C6)c3CO)cn3c(F)cnc23)nc1. The Kier molecular flexibility index (Phi) is 7.49. The summed E-state index contributed by atoms with van der Waals surface area (Å²) in [6.45, 7) is 10.8. The first-order valence-corrected chi connectivity index (χ1v) is 17.5. The lowest BCUT2D eigenvalue weighted by Crippen LogP contribution is -2.59. The largest absolute Gasteiger partial charge is 0.392 e. The van der Waals surface area contributed by atoms with E-state index in [9.17, 15) is 9.90 Å². The highest BCUT2D eigenvalue weighted by molar-refractivity contribution is 5.81. The van der Waals surface area contributed by atoms with E-state index in [1.165, 1.54) is 20.7 Å². The Morgan fingerprint density at radius 3 is 2.65 bits per heavy atom. The van der Waals surface area contributed by atoms with Crippen LogP contribution in [0, 0.1) is 11.4 Å². The van der Waals surface area contributed by atoms with Crippen molar-refractivity contribution < 1.29 is 14.2 Å². The van der Waals surface area contributed by atoms with Crippen LogP contribution in [0.1, 0.15) is 37.6 Å². The number of ether oxygens (including phenoxy) is 1. The monoisotopic (exact) mass is 689 g/mol. The van der Waals surface area contributed by atoms with Gasteiger partial charge in [0.05, 0.1) is 49.6 Å². The molecule has 0 unspecified atom stereocenters. The van der Waals surface area contributed by atoms with Crippen molar-refractivity contribution in [3.63, 3.8) is 0 Å². The third kappa shape index (κ3) is 5.38. The van der Waals surface area contributed by atoms with Gasteiger partial charge in [0.15, 0.2) is 5.65 Å². The van der Waals surface area contributed by atoms with Crippen molar-refractivity contribution in [2.75, 3.05) is 43.1 Å². The van der Waals surface area contributed by atoms with Gasteiger partial charge < -0.3 is 24.5 Å². The maximum absolute atomic E-state index is 15.1. The highest BCUT2D eigenvalue weighted by atomic mass is 19.1. The number of nitrogens with zero attached hydrogens (tertiary/aromatic N) is 8. The summed E-state index contributed by atoms with van der Waals surface area (Å²) < 4.78 is 25.4. The molecule has 3 aliphatic rings. The van der Waals surface area contributed by atoms with Crippen LogP contribution in [0.3, 0.4) is 0 Å². The summed E-state index contributed by atoms with van der Waals surface area (Å²) in [5.74, 6) is 0.364. The first kappa shape index (κ1) is 31.8. The number of halogens is 1. The van der Waals surface area contributed by atoms with Gasteiger partial charge in [-0.1, -0.05) is 13.8 Å². The van der Waals surface area contributed by atoms with Crippen LogP contribution in [0.5, 0.6) is 0 Å². The first-order chi connectivity index (χ1) is 24.7. The van der Waals surface area contributed by atoms with E-state index in [0.29, 0.717) is 57.3 Å². The summed E-state index contributed by atoms with van der Waals surface area (Å²) in [5.41, 5.74) is 6.47. The van der Waals surface area contributed by atoms with Gasteiger partial charge in [0, 0.05) is 67.3 Å². The Labute approximate surface area is 293 Å². The van der Waals surface area contributed by atoms with E-state index in [2.05, 4.69) is 51.9 Å². The van der Waals surface area contributed by atoms with Gasteiger partial charge in [-0.2, -0.15) is 4.39 Å². The van der Waals surface area contributed by atoms with Crippen LogP contribution in [0.2, 0.25) is 0 Å². The molecule has 0 amide bonds. The summed E-state index contributed by atoms with van der Waals surface area (Å²) in [5, 5.41) is 14.1. The number of fused-ring (bicyclic) bond motifs is 4. The van der Waals surface area contributed by atoms with E-state index >= 15 is 4.39 Å². The highest BCUT2D eigenvalue weighted by Crippen LogP contribution is 2.38. The van der Waals surface area contributed by atoms with E-state index < -0.39 is 5.95 Å². The van der Waals surface area contributed by atoms with Crippen LogP contribution < -0.4 is 15.8 Å². The summed E-state index contributed by atoms with van der Waals surface area (Å²) in [4.78, 5) is 32.4. The number of nitrogens with one attached hydrogen (secondary N) is 1. The minimum absolute atomic E-state index is 0.157. The average molecular weight is 690 g/mol. The lowest BCUT2D eigenvalue weighted by atomic mass is 9.90. The predicted octanol–water partition coefficient (Wildman–Crippen LogP) is 4.60. The van der Waals surface area contributed by atoms with Crippen molar-refractivity contribution in [3.8, 4) is 16.9 Å². The normalized spacial score (nSPS) is 19.2. The smallest absolute Gasteiger partial charge is 0.280 e. The second-order valence-corrected chi connectivity index (χ2v) is 14.9. The number of aromatic nitrogens is 6. The molecule has 2 saturated heterocycles. The topological polar surface area (TPSA) is 117 Å². The fourth-order valence-electron chi connectivity index (χ4n) is 8.14. The molecule has 0 bridgehead atoms. The maximum atomic E-state index is 15.1. The lowest BCUT2D eigenvalue weighted by Gasteiger charge is -2.46. The number of anilines is 3. The molecule has 0 saturated carbocycles. The van der Waals surface area contributed by atoms with E-state index in [1.807, 2.05) is 35.0 Å². The summed E-state index contributed by atoms with van der Waals surface area (Å²) in [6, 6.07) is 10.4. The Morgan fingerprint density at radius 1 is 1.04 bits per heavy atom. The van der Waals surface area contributed by atoms with E-state index in [1.54, 1.807) is 24.7 Å². The molecule has 6 aromatic rings. The van der Waals surface area contributed by atoms with Gasteiger partial charge in [0.25, 0.3) is 5.56 Å². The number of aliphatic hydroxyl groups excluding tert-OH is 1. The van der Waals surface area contributed by atoms with Crippen molar-refractivity contribution >= 4 is 28.4 Å². The van der Waals surface area contributed by atoms with Crippen molar-refractivity contribution in [2.45, 2.75) is 52.3 Å². The molecule has 12 nitrogen and oxygen atoms in total. The van der Waals surface area contributed by atoms with Crippen molar-refractivity contribution in [1.82, 2.24) is 33.2 Å². The average Bonchev–Trinajstić information content (AvgIpc) is 3.73. The van der Waals surface area contributed by atoms with Gasteiger partial charge in [-0.15, -0.1) is 0 Å². The molecule has 2 fully saturated rings. The number of pyridine rings is 3. The van der Waals surface area contributed by atoms with Crippen LogP contribution in [-0.4, -0.2) is 83.3 Å². The number of aliphatic hydroxyl groups is 1. The quantitative estimate of drug-likeness (QED) is 0.248. The number of hydrogen-bond donors (Lipinski definition) is 2. The Hall–Kier alpha value is -5.11. The minimum atomic E-state index is -0.536. The Bertz CT molecular complexity index is 2360. The lowest BCUT2D eigenvalue weighted by molar-refractivity contribution is -0.0691. The molecule has 1 atom stereocenters. The number of hydrogen-bond acceptors (Lipinski definition) is 9. The second-order valence-electron chi connectivity index (χ2n) is 14.9. The van der Waals surface area contributed by atoms with Gasteiger partial charge in [0.1, 0.15) is 17.2 Å². The molecule has 2 aliphatic heterocycles. The van der Waals surface area contributed by atoms with Gasteiger partial charge in [-0.3, -0.25) is 18.7 Å². The summed E-state index contributed by atoms with van der Waals surface area (Å²) in [6.07, 6.45) is 11.7. The predicted molar refractivity (Wildman–Crippen MR) is 193 cm³/mol. The molecule has 13 heteroatoms. The molecule has 6 aromatic heterocycles. The van der Waals surface area contributed by atoms with E-state index in [-0.39, 0.29) is 17.6 Å². The van der Waals surface area contributed by atoms with Crippen LogP contribution in [0.4, 0.5) is 21.6 Å². The van der Waals surface area contributed by atoms with Crippen LogP contribution in [-0.2, 0) is 24.2 Å². The molecule has 2 N–H and O–H groups in total. The highest BCUT2D eigenvalue weighted by Gasteiger charge is 2.33.